The molecule has 2 bridgehead atoms. The van der Waals surface area contributed by atoms with Gasteiger partial charge in [-0.15, -0.1) is 5.10 Å². The molecule has 2 aromatic rings. The number of ether oxygens (including phenoxy) is 4. The minimum Gasteiger partial charge on any atom is -0.459 e. The Morgan fingerprint density at radius 2 is 1.77 bits per heavy atom. The van der Waals surface area contributed by atoms with Gasteiger partial charge >= 0.3 is 5.97 Å². The van der Waals surface area contributed by atoms with E-state index in [4.69, 9.17) is 24.2 Å². The predicted molar refractivity (Wildman–Crippen MR) is 217 cm³/mol. The van der Waals surface area contributed by atoms with Crippen molar-refractivity contribution in [1.29, 1.82) is 0 Å². The highest BCUT2D eigenvalue weighted by Crippen LogP contribution is 2.43. The Balaban J connectivity index is 1.34. The number of unbranched alkanes of at least 4 members (excludes halogenated alkanes) is 2. The van der Waals surface area contributed by atoms with Crippen molar-refractivity contribution in [3.8, 4) is 11.3 Å². The van der Waals surface area contributed by atoms with Crippen LogP contribution in [0.15, 0.2) is 30.5 Å². The number of nitrogens with zero attached hydrogens (tertiary/aromatic N) is 4. The summed E-state index contributed by atoms with van der Waals surface area (Å²) in [6, 6.07) is 7.42. The Labute approximate surface area is 352 Å². The predicted octanol–water partition coefficient (Wildman–Crippen LogP) is 2.77. The molecule has 3 saturated heterocycles. The van der Waals surface area contributed by atoms with E-state index >= 15 is 0 Å². The van der Waals surface area contributed by atoms with Crippen molar-refractivity contribution in [2.24, 2.45) is 23.7 Å². The van der Waals surface area contributed by atoms with E-state index in [-0.39, 0.29) is 37.8 Å². The first-order valence-electron chi connectivity index (χ1n) is 21.4. The van der Waals surface area contributed by atoms with Gasteiger partial charge in [0.25, 0.3) is 0 Å². The molecule has 4 heterocycles. The number of Topliss-reactive ketones (excluding diaryl/α,β-unsaturated/α-hetero) is 1. The summed E-state index contributed by atoms with van der Waals surface area (Å²) in [7, 11) is 1.92. The van der Waals surface area contributed by atoms with Gasteiger partial charge in [-0.1, -0.05) is 56.7 Å². The van der Waals surface area contributed by atoms with Crippen molar-refractivity contribution in [3.05, 3.63) is 36.0 Å². The van der Waals surface area contributed by atoms with Gasteiger partial charge in [0.1, 0.15) is 29.3 Å². The number of aromatic nitrogens is 3. The van der Waals surface area contributed by atoms with Crippen LogP contribution in [0.5, 0.6) is 0 Å². The van der Waals surface area contributed by atoms with Crippen LogP contribution in [-0.2, 0) is 46.4 Å². The summed E-state index contributed by atoms with van der Waals surface area (Å²) in [5, 5.41) is 64.0. The third-order valence-electron chi connectivity index (χ3n) is 13.1. The summed E-state index contributed by atoms with van der Waals surface area (Å²) in [5.41, 5.74) is 1.06. The number of aliphatic hydroxyl groups is 4. The van der Waals surface area contributed by atoms with Crippen molar-refractivity contribution in [2.45, 2.75) is 167 Å². The number of ketones is 1. The summed E-state index contributed by atoms with van der Waals surface area (Å²) in [5.74, 6) is -5.08. The molecule has 3 aliphatic heterocycles. The molecule has 0 radical (unpaired) electrons. The zero-order valence-electron chi connectivity index (χ0n) is 36.3. The average molecular weight is 846 g/mol. The number of hydrogen-bond acceptors (Lipinski definition) is 15. The van der Waals surface area contributed by atoms with Crippen LogP contribution in [0.2, 0.25) is 0 Å². The molecule has 1 amide bonds. The van der Waals surface area contributed by atoms with E-state index in [0.717, 1.165) is 24.0 Å². The lowest BCUT2D eigenvalue weighted by Crippen LogP contribution is -2.59. The number of carbonyl (C=O) groups excluding carboxylic acids is 3. The van der Waals surface area contributed by atoms with E-state index in [1.54, 1.807) is 37.9 Å². The Morgan fingerprint density at radius 3 is 2.47 bits per heavy atom. The quantitative estimate of drug-likeness (QED) is 0.0736. The SMILES string of the molecule is CC[C@H]1OC(=O)[C@H](C)[C@@H](O)[C@H](C)[C@@H](O[C@@H]2O[C@H](C)C[C@H](N(C)Cc3ccccc3-c3cn(CCCCCC(=O)NO)nn3)[C@H]2O)[C@@]2(C)C[C@@H](CO2)C(=O)[C@H](C)[C@@H](O)[C@]1(C)O. The smallest absolute Gasteiger partial charge is 0.311 e. The number of amides is 1. The summed E-state index contributed by atoms with van der Waals surface area (Å²) in [6.45, 7) is 12.6. The second-order valence-corrected chi connectivity index (χ2v) is 17.8. The van der Waals surface area contributed by atoms with Gasteiger partial charge in [0, 0.05) is 48.9 Å². The number of hydrogen-bond donors (Lipinski definition) is 6. The van der Waals surface area contributed by atoms with Gasteiger partial charge in [0.05, 0.1) is 48.7 Å². The number of fused-ring (bicyclic) bond motifs is 2. The topological polar surface area (TPSA) is 235 Å². The normalized spacial score (nSPS) is 36.8. The van der Waals surface area contributed by atoms with Crippen molar-refractivity contribution < 1.29 is 59.0 Å². The number of benzene rings is 1. The van der Waals surface area contributed by atoms with E-state index < -0.39 is 89.6 Å². The van der Waals surface area contributed by atoms with Gasteiger partial charge < -0.3 is 39.4 Å². The Hall–Kier alpha value is -3.39. The van der Waals surface area contributed by atoms with E-state index in [1.165, 1.54) is 13.8 Å². The Bertz CT molecular complexity index is 1760. The van der Waals surface area contributed by atoms with Crippen LogP contribution in [-0.4, -0.2) is 137 Å². The van der Waals surface area contributed by atoms with Crippen LogP contribution in [0.1, 0.15) is 99.0 Å². The molecule has 3 aliphatic rings. The lowest BCUT2D eigenvalue weighted by atomic mass is 9.75. The standard InChI is InChI=1S/C43H67N5O12/c1-9-33-43(7,55)38(53)25(3)36(51)29-20-42(6,57-23-29)39(26(4)35(50)27(5)40(54)59-33)60-41-37(52)32(19-24(2)58-41)47(8)21-28-15-12-13-16-30(28)31-22-48(46-44-31)18-14-10-11-17-34(49)45-56/h12-13,15-16,22,24-27,29,32-33,35,37-39,41,50,52-53,55-56H,9-11,14,17-21,23H2,1-8H3,(H,45,49)/t24-,25+,26+,27-,29+,32+,33-,35+,37-,38-,39-,41+,42-,43-/m1/s1. The van der Waals surface area contributed by atoms with Crippen LogP contribution in [0.25, 0.3) is 11.3 Å². The first kappa shape index (κ1) is 47.7. The second kappa shape index (κ2) is 20.2. The van der Waals surface area contributed by atoms with Crippen molar-refractivity contribution >= 4 is 17.7 Å². The molecule has 1 aromatic carbocycles. The van der Waals surface area contributed by atoms with Crippen molar-refractivity contribution in [2.75, 3.05) is 13.7 Å². The molecule has 3 fully saturated rings. The van der Waals surface area contributed by atoms with Crippen molar-refractivity contribution in [3.63, 3.8) is 0 Å². The number of rotatable bonds is 13. The monoisotopic (exact) mass is 845 g/mol. The molecule has 0 aliphatic carbocycles. The van der Waals surface area contributed by atoms with E-state index in [9.17, 15) is 34.8 Å². The molecule has 0 saturated carbocycles. The Kier molecular flexibility index (Phi) is 16.0. The lowest BCUT2D eigenvalue weighted by molar-refractivity contribution is -0.299. The number of likely N-dealkylation sites (N-methyl/N-ethyl adjacent to an activating group) is 1. The zero-order valence-corrected chi connectivity index (χ0v) is 36.3. The largest absolute Gasteiger partial charge is 0.459 e. The fourth-order valence-electron chi connectivity index (χ4n) is 9.31. The van der Waals surface area contributed by atoms with E-state index in [2.05, 4.69) is 10.3 Å². The van der Waals surface area contributed by atoms with Crippen LogP contribution in [0.3, 0.4) is 0 Å². The number of aryl methyl sites for hydroxylation is 1. The molecule has 5 rings (SSSR count). The molecule has 6 N–H and O–H groups in total. The van der Waals surface area contributed by atoms with Gasteiger partial charge in [-0.05, 0) is 72.4 Å². The maximum Gasteiger partial charge on any atom is 0.311 e. The van der Waals surface area contributed by atoms with E-state index in [1.807, 2.05) is 49.3 Å². The van der Waals surface area contributed by atoms with Gasteiger partial charge in [-0.2, -0.15) is 0 Å². The molecule has 0 unspecified atom stereocenters. The van der Waals surface area contributed by atoms with Gasteiger partial charge in [0.15, 0.2) is 6.29 Å². The lowest BCUT2D eigenvalue weighted by Gasteiger charge is -2.47. The molecule has 1 aromatic heterocycles. The van der Waals surface area contributed by atoms with Crippen LogP contribution < -0.4 is 5.48 Å². The summed E-state index contributed by atoms with van der Waals surface area (Å²) >= 11 is 0. The number of nitrogens with one attached hydrogen (secondary N) is 1. The molecule has 336 valence electrons. The summed E-state index contributed by atoms with van der Waals surface area (Å²) < 4.78 is 26.9. The highest BCUT2D eigenvalue weighted by molar-refractivity contribution is 5.84. The van der Waals surface area contributed by atoms with E-state index in [0.29, 0.717) is 31.6 Å². The molecule has 60 heavy (non-hydrogen) atoms. The molecule has 14 atom stereocenters. The summed E-state index contributed by atoms with van der Waals surface area (Å²) in [6.07, 6.45) is -2.55. The second-order valence-electron chi connectivity index (χ2n) is 17.8. The third-order valence-corrected chi connectivity index (χ3v) is 13.1. The van der Waals surface area contributed by atoms with Gasteiger partial charge in [-0.3, -0.25) is 29.2 Å². The fraction of sp³-hybridized carbons (Fsp3) is 0.744. The molecular formula is C43H67N5O12. The molecule has 0 spiro atoms. The summed E-state index contributed by atoms with van der Waals surface area (Å²) in [4.78, 5) is 40.8. The number of aliphatic hydroxyl groups excluding tert-OH is 3. The van der Waals surface area contributed by atoms with Crippen molar-refractivity contribution in [1.82, 2.24) is 25.4 Å². The number of hydroxylamine groups is 1. The average Bonchev–Trinajstić information content (AvgIpc) is 3.87. The first-order valence-corrected chi connectivity index (χ1v) is 21.4. The molecular weight excluding hydrogens is 778 g/mol. The van der Waals surface area contributed by atoms with Crippen LogP contribution in [0, 0.1) is 23.7 Å². The fourth-order valence-corrected chi connectivity index (χ4v) is 9.31. The maximum absolute atomic E-state index is 13.9. The minimum absolute atomic E-state index is 0.00786. The zero-order chi connectivity index (χ0) is 44.1. The first-order chi connectivity index (χ1) is 28.3. The maximum atomic E-state index is 13.9. The molecule has 17 heteroatoms. The Morgan fingerprint density at radius 1 is 1.05 bits per heavy atom. The molecule has 17 nitrogen and oxygen atoms in total. The number of esters is 1. The third kappa shape index (κ3) is 10.6. The highest BCUT2D eigenvalue weighted by Gasteiger charge is 2.55. The minimum atomic E-state index is -1.95. The van der Waals surface area contributed by atoms with Crippen LogP contribution in [0.4, 0.5) is 0 Å². The van der Waals surface area contributed by atoms with Crippen LogP contribution >= 0.6 is 0 Å². The van der Waals surface area contributed by atoms with Gasteiger partial charge in [0.2, 0.25) is 5.91 Å². The number of cyclic esters (lactones) is 1. The van der Waals surface area contributed by atoms with Gasteiger partial charge in [-0.25, -0.2) is 5.48 Å². The number of carbonyl (C=O) groups is 3. The highest BCUT2D eigenvalue weighted by atomic mass is 16.7.